The van der Waals surface area contributed by atoms with E-state index in [1.54, 1.807) is 12.1 Å². The molecule has 90 valence electrons. The van der Waals surface area contributed by atoms with Crippen LogP contribution in [0.5, 0.6) is 0 Å². The van der Waals surface area contributed by atoms with Gasteiger partial charge in [-0.05, 0) is 42.8 Å². The van der Waals surface area contributed by atoms with Gasteiger partial charge in [0.05, 0.1) is 17.7 Å². The molecule has 2 aromatic rings. The summed E-state index contributed by atoms with van der Waals surface area (Å²) in [5.41, 5.74) is 9.43. The SMILES string of the molecule is CC(Nc1ccc(C#N)cc1)c1ccccc1N. The van der Waals surface area contributed by atoms with Gasteiger partial charge in [-0.1, -0.05) is 18.2 Å². The fourth-order valence-corrected chi connectivity index (χ4v) is 1.87. The van der Waals surface area contributed by atoms with Crippen molar-refractivity contribution < 1.29 is 0 Å². The van der Waals surface area contributed by atoms with Crippen molar-refractivity contribution in [2.24, 2.45) is 0 Å². The molecule has 0 aliphatic carbocycles. The van der Waals surface area contributed by atoms with Crippen molar-refractivity contribution in [1.29, 1.82) is 5.26 Å². The van der Waals surface area contributed by atoms with Gasteiger partial charge in [-0.2, -0.15) is 5.26 Å². The van der Waals surface area contributed by atoms with Gasteiger partial charge < -0.3 is 11.1 Å². The zero-order valence-electron chi connectivity index (χ0n) is 10.2. The Kier molecular flexibility index (Phi) is 3.49. The number of nitrogen functional groups attached to an aromatic ring is 1. The molecule has 0 aliphatic heterocycles. The van der Waals surface area contributed by atoms with Crippen LogP contribution in [0.25, 0.3) is 0 Å². The van der Waals surface area contributed by atoms with Crippen molar-refractivity contribution in [2.45, 2.75) is 13.0 Å². The van der Waals surface area contributed by atoms with Gasteiger partial charge >= 0.3 is 0 Å². The minimum Gasteiger partial charge on any atom is -0.398 e. The number of para-hydroxylation sites is 1. The van der Waals surface area contributed by atoms with Crippen molar-refractivity contribution in [3.63, 3.8) is 0 Å². The first-order valence-electron chi connectivity index (χ1n) is 5.82. The Hall–Kier alpha value is -2.47. The normalized spacial score (nSPS) is 11.6. The van der Waals surface area contributed by atoms with Gasteiger partial charge in [0.15, 0.2) is 0 Å². The van der Waals surface area contributed by atoms with Crippen molar-refractivity contribution in [3.8, 4) is 6.07 Å². The number of nitrogens with two attached hydrogens (primary N) is 1. The molecule has 3 nitrogen and oxygen atoms in total. The lowest BCUT2D eigenvalue weighted by atomic mass is 10.1. The quantitative estimate of drug-likeness (QED) is 0.805. The van der Waals surface area contributed by atoms with E-state index in [0.717, 1.165) is 16.9 Å². The molecule has 0 spiro atoms. The molecule has 0 heterocycles. The third kappa shape index (κ3) is 2.61. The van der Waals surface area contributed by atoms with Crippen LogP contribution in [0.15, 0.2) is 48.5 Å². The summed E-state index contributed by atoms with van der Waals surface area (Å²) in [5.74, 6) is 0. The number of hydrogen-bond donors (Lipinski definition) is 2. The van der Waals surface area contributed by atoms with E-state index in [1.165, 1.54) is 0 Å². The van der Waals surface area contributed by atoms with E-state index in [1.807, 2.05) is 36.4 Å². The van der Waals surface area contributed by atoms with Crippen LogP contribution in [0.3, 0.4) is 0 Å². The fourth-order valence-electron chi connectivity index (χ4n) is 1.87. The molecule has 18 heavy (non-hydrogen) atoms. The largest absolute Gasteiger partial charge is 0.398 e. The van der Waals surface area contributed by atoms with Crippen LogP contribution < -0.4 is 11.1 Å². The Morgan fingerprint density at radius 3 is 2.39 bits per heavy atom. The Bertz CT molecular complexity index is 567. The topological polar surface area (TPSA) is 61.8 Å². The smallest absolute Gasteiger partial charge is 0.0991 e. The van der Waals surface area contributed by atoms with Crippen LogP contribution in [-0.2, 0) is 0 Å². The van der Waals surface area contributed by atoms with Crippen LogP contribution in [-0.4, -0.2) is 0 Å². The first-order chi connectivity index (χ1) is 8.70. The van der Waals surface area contributed by atoms with E-state index in [9.17, 15) is 0 Å². The molecule has 1 atom stereocenters. The van der Waals surface area contributed by atoms with Crippen molar-refractivity contribution in [2.75, 3.05) is 11.1 Å². The van der Waals surface area contributed by atoms with Gasteiger partial charge in [-0.15, -0.1) is 0 Å². The molecular formula is C15H15N3. The lowest BCUT2D eigenvalue weighted by Gasteiger charge is -2.17. The van der Waals surface area contributed by atoms with Crippen LogP contribution in [0.1, 0.15) is 24.1 Å². The lowest BCUT2D eigenvalue weighted by Crippen LogP contribution is -2.08. The lowest BCUT2D eigenvalue weighted by molar-refractivity contribution is 0.888. The molecule has 2 rings (SSSR count). The zero-order valence-corrected chi connectivity index (χ0v) is 10.2. The Balaban J connectivity index is 2.14. The van der Waals surface area contributed by atoms with E-state index in [0.29, 0.717) is 5.56 Å². The maximum absolute atomic E-state index is 8.74. The molecule has 0 fully saturated rings. The second-order valence-electron chi connectivity index (χ2n) is 4.18. The number of nitrogens with zero attached hydrogens (tertiary/aromatic N) is 1. The average molecular weight is 237 g/mol. The summed E-state index contributed by atoms with van der Waals surface area (Å²) < 4.78 is 0. The average Bonchev–Trinajstić information content (AvgIpc) is 2.40. The summed E-state index contributed by atoms with van der Waals surface area (Å²) in [6.07, 6.45) is 0. The monoisotopic (exact) mass is 237 g/mol. The molecule has 0 radical (unpaired) electrons. The third-order valence-electron chi connectivity index (χ3n) is 2.86. The molecule has 0 saturated heterocycles. The standard InChI is InChI=1S/C15H15N3/c1-11(14-4-2-3-5-15(14)17)18-13-8-6-12(10-16)7-9-13/h2-9,11,18H,17H2,1H3. The van der Waals surface area contributed by atoms with Gasteiger partial charge in [0.2, 0.25) is 0 Å². The second kappa shape index (κ2) is 5.24. The highest BCUT2D eigenvalue weighted by atomic mass is 14.9. The van der Waals surface area contributed by atoms with Gasteiger partial charge in [0.25, 0.3) is 0 Å². The summed E-state index contributed by atoms with van der Waals surface area (Å²) >= 11 is 0. The Morgan fingerprint density at radius 2 is 1.78 bits per heavy atom. The van der Waals surface area contributed by atoms with Crippen LogP contribution in [0.4, 0.5) is 11.4 Å². The molecule has 2 aromatic carbocycles. The zero-order chi connectivity index (χ0) is 13.0. The molecule has 0 aromatic heterocycles. The minimum atomic E-state index is 0.124. The third-order valence-corrected chi connectivity index (χ3v) is 2.86. The van der Waals surface area contributed by atoms with E-state index >= 15 is 0 Å². The highest BCUT2D eigenvalue weighted by Crippen LogP contribution is 2.23. The number of nitriles is 1. The van der Waals surface area contributed by atoms with E-state index < -0.39 is 0 Å². The molecule has 0 saturated carbocycles. The van der Waals surface area contributed by atoms with Crippen molar-refractivity contribution >= 4 is 11.4 Å². The molecule has 0 aliphatic rings. The van der Waals surface area contributed by atoms with Crippen LogP contribution in [0, 0.1) is 11.3 Å². The number of hydrogen-bond acceptors (Lipinski definition) is 3. The predicted octanol–water partition coefficient (Wildman–Crippen LogP) is 3.31. The summed E-state index contributed by atoms with van der Waals surface area (Å²) in [5, 5.41) is 12.1. The first-order valence-corrected chi connectivity index (χ1v) is 5.82. The highest BCUT2D eigenvalue weighted by Gasteiger charge is 2.07. The maximum atomic E-state index is 8.74. The van der Waals surface area contributed by atoms with Crippen molar-refractivity contribution in [3.05, 3.63) is 59.7 Å². The summed E-state index contributed by atoms with van der Waals surface area (Å²) in [6, 6.07) is 17.4. The van der Waals surface area contributed by atoms with Crippen molar-refractivity contribution in [1.82, 2.24) is 0 Å². The van der Waals surface area contributed by atoms with E-state index in [-0.39, 0.29) is 6.04 Å². The number of anilines is 2. The molecule has 0 bridgehead atoms. The fraction of sp³-hybridized carbons (Fsp3) is 0.133. The predicted molar refractivity (Wildman–Crippen MR) is 74.0 cm³/mol. The molecule has 3 N–H and O–H groups in total. The van der Waals surface area contributed by atoms with Crippen LogP contribution >= 0.6 is 0 Å². The number of benzene rings is 2. The molecule has 3 heteroatoms. The van der Waals surface area contributed by atoms with Gasteiger partial charge in [0.1, 0.15) is 0 Å². The van der Waals surface area contributed by atoms with E-state index in [2.05, 4.69) is 18.3 Å². The number of nitrogens with one attached hydrogen (secondary N) is 1. The summed E-state index contributed by atoms with van der Waals surface area (Å²) in [7, 11) is 0. The summed E-state index contributed by atoms with van der Waals surface area (Å²) in [4.78, 5) is 0. The molecule has 1 unspecified atom stereocenters. The Morgan fingerprint density at radius 1 is 1.11 bits per heavy atom. The van der Waals surface area contributed by atoms with E-state index in [4.69, 9.17) is 11.0 Å². The minimum absolute atomic E-state index is 0.124. The van der Waals surface area contributed by atoms with Gasteiger partial charge in [-0.3, -0.25) is 0 Å². The molecular weight excluding hydrogens is 222 g/mol. The van der Waals surface area contributed by atoms with Gasteiger partial charge in [-0.25, -0.2) is 0 Å². The first kappa shape index (κ1) is 12.0. The number of rotatable bonds is 3. The summed E-state index contributed by atoms with van der Waals surface area (Å²) in [6.45, 7) is 2.06. The van der Waals surface area contributed by atoms with Gasteiger partial charge in [0, 0.05) is 11.4 Å². The van der Waals surface area contributed by atoms with Crippen LogP contribution in [0.2, 0.25) is 0 Å². The second-order valence-corrected chi connectivity index (χ2v) is 4.18. The highest BCUT2D eigenvalue weighted by molar-refractivity contribution is 5.53. The Labute approximate surface area is 107 Å². The molecule has 0 amide bonds. The maximum Gasteiger partial charge on any atom is 0.0991 e.